The van der Waals surface area contributed by atoms with Crippen LogP contribution in [0.5, 0.6) is 0 Å². The first-order valence-electron chi connectivity index (χ1n) is 6.09. The predicted octanol–water partition coefficient (Wildman–Crippen LogP) is 3.20. The molecule has 0 aliphatic rings. The van der Waals surface area contributed by atoms with Gasteiger partial charge in [-0.2, -0.15) is 0 Å². The zero-order valence-corrected chi connectivity index (χ0v) is 11.2. The molecule has 92 valence electrons. The predicted molar refractivity (Wildman–Crippen MR) is 70.6 cm³/mol. The molecule has 0 aromatic heterocycles. The Morgan fingerprint density at radius 3 is 2.25 bits per heavy atom. The quantitative estimate of drug-likeness (QED) is 0.465. The Kier molecular flexibility index (Phi) is 7.82. The zero-order chi connectivity index (χ0) is 12.6. The number of carbonyl (C=O) groups is 1. The Bertz CT molecular complexity index is 264. The van der Waals surface area contributed by atoms with Gasteiger partial charge in [-0.1, -0.05) is 38.5 Å². The van der Waals surface area contributed by atoms with Crippen molar-refractivity contribution in [2.45, 2.75) is 39.5 Å². The molecule has 2 nitrogen and oxygen atoms in total. The second-order valence-electron chi connectivity index (χ2n) is 4.30. The molecule has 0 aromatic rings. The normalized spacial score (nSPS) is 12.6. The number of hydrogen-bond acceptors (Lipinski definition) is 2. The summed E-state index contributed by atoms with van der Waals surface area (Å²) in [5, 5.41) is 0. The zero-order valence-electron chi connectivity index (χ0n) is 11.2. The number of nitrogens with zero attached hydrogens (tertiary/aromatic N) is 1. The minimum atomic E-state index is 0.231. The maximum atomic E-state index is 12.0. The molecule has 0 saturated carbocycles. The van der Waals surface area contributed by atoms with Crippen molar-refractivity contribution in [2.24, 2.45) is 0 Å². The van der Waals surface area contributed by atoms with Crippen LogP contribution in [0.4, 0.5) is 0 Å². The van der Waals surface area contributed by atoms with E-state index in [2.05, 4.69) is 20.4 Å². The van der Waals surface area contributed by atoms with Crippen molar-refractivity contribution in [1.82, 2.24) is 4.90 Å². The molecule has 16 heavy (non-hydrogen) atoms. The van der Waals surface area contributed by atoms with Crippen LogP contribution in [0.2, 0.25) is 0 Å². The van der Waals surface area contributed by atoms with Crippen LogP contribution >= 0.6 is 0 Å². The molecule has 0 radical (unpaired) electrons. The molecule has 0 aliphatic heterocycles. The highest BCUT2D eigenvalue weighted by Crippen LogP contribution is 2.17. The van der Waals surface area contributed by atoms with Gasteiger partial charge in [-0.05, 0) is 26.9 Å². The smallest absolute Gasteiger partial charge is 0.164 e. The van der Waals surface area contributed by atoms with E-state index in [0.717, 1.165) is 31.4 Å². The summed E-state index contributed by atoms with van der Waals surface area (Å²) in [5.41, 5.74) is 2.10. The number of allylic oxidation sites excluding steroid dienone is 3. The number of rotatable bonds is 8. The molecule has 0 heterocycles. The maximum Gasteiger partial charge on any atom is 0.164 e. The van der Waals surface area contributed by atoms with Gasteiger partial charge in [0.15, 0.2) is 5.78 Å². The standard InChI is InChI=1S/C14H25NO/c1-6-9-12(7-2)13(8-3)14(16)10-11-15(4)5/h8H,3,6-7,9-11H2,1-2,4-5H3/b13-12-. The van der Waals surface area contributed by atoms with Gasteiger partial charge in [0.1, 0.15) is 0 Å². The van der Waals surface area contributed by atoms with Gasteiger partial charge < -0.3 is 4.90 Å². The molecule has 0 aliphatic carbocycles. The van der Waals surface area contributed by atoms with E-state index in [0.29, 0.717) is 6.42 Å². The highest BCUT2D eigenvalue weighted by atomic mass is 16.1. The third-order valence-electron chi connectivity index (χ3n) is 2.65. The Morgan fingerprint density at radius 2 is 1.88 bits per heavy atom. The summed E-state index contributed by atoms with van der Waals surface area (Å²) < 4.78 is 0. The van der Waals surface area contributed by atoms with Crippen LogP contribution in [0.25, 0.3) is 0 Å². The maximum absolute atomic E-state index is 12.0. The summed E-state index contributed by atoms with van der Waals surface area (Å²) in [5.74, 6) is 0.231. The number of hydrogen-bond donors (Lipinski definition) is 0. The lowest BCUT2D eigenvalue weighted by Gasteiger charge is -2.12. The second-order valence-corrected chi connectivity index (χ2v) is 4.30. The Hall–Kier alpha value is -0.890. The number of Topliss-reactive ketones (excluding diaryl/α,β-unsaturated/α-hetero) is 1. The van der Waals surface area contributed by atoms with Crippen molar-refractivity contribution < 1.29 is 4.79 Å². The monoisotopic (exact) mass is 223 g/mol. The van der Waals surface area contributed by atoms with Gasteiger partial charge >= 0.3 is 0 Å². The summed E-state index contributed by atoms with van der Waals surface area (Å²) in [6.45, 7) is 8.82. The van der Waals surface area contributed by atoms with Crippen molar-refractivity contribution in [2.75, 3.05) is 20.6 Å². The third kappa shape index (κ3) is 5.26. The molecule has 0 saturated heterocycles. The average Bonchev–Trinajstić information content (AvgIpc) is 2.26. The third-order valence-corrected chi connectivity index (χ3v) is 2.65. The highest BCUT2D eigenvalue weighted by molar-refractivity contribution is 5.98. The first-order chi connectivity index (χ1) is 7.56. The SMILES string of the molecule is C=C/C(C(=O)CCN(C)C)=C(\CC)CCC. The first kappa shape index (κ1) is 15.1. The van der Waals surface area contributed by atoms with Crippen LogP contribution in [0.1, 0.15) is 39.5 Å². The lowest BCUT2D eigenvalue weighted by molar-refractivity contribution is -0.115. The summed E-state index contributed by atoms with van der Waals surface area (Å²) >= 11 is 0. The molecule has 0 bridgehead atoms. The average molecular weight is 223 g/mol. The van der Waals surface area contributed by atoms with E-state index in [1.54, 1.807) is 6.08 Å². The fraction of sp³-hybridized carbons (Fsp3) is 0.643. The molecular weight excluding hydrogens is 198 g/mol. The van der Waals surface area contributed by atoms with Crippen molar-refractivity contribution >= 4 is 5.78 Å². The molecule has 0 fully saturated rings. The van der Waals surface area contributed by atoms with Gasteiger partial charge in [-0.15, -0.1) is 0 Å². The minimum absolute atomic E-state index is 0.231. The topological polar surface area (TPSA) is 20.3 Å². The summed E-state index contributed by atoms with van der Waals surface area (Å²) in [6, 6.07) is 0. The summed E-state index contributed by atoms with van der Waals surface area (Å²) in [4.78, 5) is 14.0. The van der Waals surface area contributed by atoms with Crippen LogP contribution < -0.4 is 0 Å². The molecular formula is C14H25NO. The van der Waals surface area contributed by atoms with E-state index < -0.39 is 0 Å². The fourth-order valence-corrected chi connectivity index (χ4v) is 1.72. The van der Waals surface area contributed by atoms with E-state index in [1.807, 2.05) is 19.0 Å². The molecule has 0 N–H and O–H groups in total. The van der Waals surface area contributed by atoms with Gasteiger partial charge in [0.2, 0.25) is 0 Å². The molecule has 0 spiro atoms. The van der Waals surface area contributed by atoms with E-state index in [4.69, 9.17) is 0 Å². The van der Waals surface area contributed by atoms with Crippen LogP contribution in [-0.4, -0.2) is 31.3 Å². The first-order valence-corrected chi connectivity index (χ1v) is 6.09. The van der Waals surface area contributed by atoms with Crippen LogP contribution in [0.3, 0.4) is 0 Å². The van der Waals surface area contributed by atoms with Crippen molar-refractivity contribution in [3.63, 3.8) is 0 Å². The summed E-state index contributed by atoms with van der Waals surface area (Å²) in [6.07, 6.45) is 5.35. The van der Waals surface area contributed by atoms with Crippen molar-refractivity contribution in [3.05, 3.63) is 23.8 Å². The van der Waals surface area contributed by atoms with Crippen LogP contribution in [0, 0.1) is 0 Å². The van der Waals surface area contributed by atoms with Gasteiger partial charge in [0.25, 0.3) is 0 Å². The Morgan fingerprint density at radius 1 is 1.25 bits per heavy atom. The highest BCUT2D eigenvalue weighted by Gasteiger charge is 2.11. The van der Waals surface area contributed by atoms with Crippen LogP contribution in [-0.2, 0) is 4.79 Å². The van der Waals surface area contributed by atoms with E-state index in [-0.39, 0.29) is 5.78 Å². The van der Waals surface area contributed by atoms with Gasteiger partial charge in [0, 0.05) is 18.5 Å². The summed E-state index contributed by atoms with van der Waals surface area (Å²) in [7, 11) is 3.97. The molecule has 0 unspecified atom stereocenters. The van der Waals surface area contributed by atoms with E-state index in [1.165, 1.54) is 5.57 Å². The van der Waals surface area contributed by atoms with E-state index in [9.17, 15) is 4.79 Å². The number of carbonyl (C=O) groups excluding carboxylic acids is 1. The van der Waals surface area contributed by atoms with Crippen molar-refractivity contribution in [1.29, 1.82) is 0 Å². The lowest BCUT2D eigenvalue weighted by Crippen LogP contribution is -2.17. The van der Waals surface area contributed by atoms with Gasteiger partial charge in [-0.25, -0.2) is 0 Å². The molecule has 0 aromatic carbocycles. The van der Waals surface area contributed by atoms with Crippen LogP contribution in [0.15, 0.2) is 23.8 Å². The van der Waals surface area contributed by atoms with Crippen molar-refractivity contribution in [3.8, 4) is 0 Å². The molecule has 0 amide bonds. The second kappa shape index (κ2) is 8.28. The Labute approximate surface area is 100 Å². The fourth-order valence-electron chi connectivity index (χ4n) is 1.72. The number of ketones is 1. The van der Waals surface area contributed by atoms with E-state index >= 15 is 0 Å². The lowest BCUT2D eigenvalue weighted by atomic mass is 9.96. The minimum Gasteiger partial charge on any atom is -0.309 e. The molecule has 0 atom stereocenters. The van der Waals surface area contributed by atoms with Gasteiger partial charge in [0.05, 0.1) is 0 Å². The molecule has 2 heteroatoms. The molecule has 0 rings (SSSR count). The largest absolute Gasteiger partial charge is 0.309 e. The Balaban J connectivity index is 4.67. The van der Waals surface area contributed by atoms with Gasteiger partial charge in [-0.3, -0.25) is 4.79 Å².